The minimum absolute atomic E-state index is 0.0405. The number of hydrogen-bond donors (Lipinski definition) is 2. The Labute approximate surface area is 138 Å². The highest BCUT2D eigenvalue weighted by molar-refractivity contribution is 5.89. The molecule has 2 N–H and O–H groups in total. The monoisotopic (exact) mass is 330 g/mol. The molecule has 1 fully saturated rings. The molecule has 1 aromatic heterocycles. The Bertz CT molecular complexity index is 788. The van der Waals surface area contributed by atoms with Gasteiger partial charge in [-0.3, -0.25) is 4.79 Å². The van der Waals surface area contributed by atoms with Crippen LogP contribution in [0.25, 0.3) is 0 Å². The number of amides is 2. The van der Waals surface area contributed by atoms with Gasteiger partial charge in [-0.1, -0.05) is 0 Å². The van der Waals surface area contributed by atoms with Crippen LogP contribution in [0.2, 0.25) is 0 Å². The molecular formula is C17H19FN4O2. The molecule has 126 valence electrons. The fraction of sp³-hybridized carbons (Fsp3) is 0.353. The number of piperidine rings is 1. The van der Waals surface area contributed by atoms with Crippen molar-refractivity contribution in [3.05, 3.63) is 58.0 Å². The summed E-state index contributed by atoms with van der Waals surface area (Å²) in [6, 6.07) is 6.92. The summed E-state index contributed by atoms with van der Waals surface area (Å²) in [5, 5.41) is 2.77. The summed E-state index contributed by atoms with van der Waals surface area (Å²) in [5.74, 6) is 0.269. The third-order valence-electron chi connectivity index (χ3n) is 4.10. The van der Waals surface area contributed by atoms with Crippen molar-refractivity contribution in [1.82, 2.24) is 14.9 Å². The molecule has 1 saturated heterocycles. The van der Waals surface area contributed by atoms with Gasteiger partial charge in [-0.15, -0.1) is 0 Å². The number of H-pyrrole nitrogens is 1. The predicted octanol–water partition coefficient (Wildman–Crippen LogP) is 2.63. The summed E-state index contributed by atoms with van der Waals surface area (Å²) < 4.78 is 12.9. The number of halogens is 1. The van der Waals surface area contributed by atoms with Gasteiger partial charge in [0.1, 0.15) is 11.6 Å². The van der Waals surface area contributed by atoms with E-state index in [1.54, 1.807) is 11.8 Å². The van der Waals surface area contributed by atoms with Crippen molar-refractivity contribution in [3.8, 4) is 0 Å². The summed E-state index contributed by atoms with van der Waals surface area (Å²) in [7, 11) is 0. The van der Waals surface area contributed by atoms with Crippen molar-refractivity contribution in [2.45, 2.75) is 25.7 Å². The average molecular weight is 330 g/mol. The van der Waals surface area contributed by atoms with E-state index in [4.69, 9.17) is 0 Å². The maximum atomic E-state index is 12.9. The summed E-state index contributed by atoms with van der Waals surface area (Å²) in [5.41, 5.74) is 1.09. The Kier molecular flexibility index (Phi) is 4.59. The SMILES string of the molecule is Cc1nc([C@H]2CCCN(C(=O)Nc3ccc(F)cc3)C2)cc(=O)[nH]1. The number of benzene rings is 1. The first-order valence-electron chi connectivity index (χ1n) is 7.90. The average Bonchev–Trinajstić information content (AvgIpc) is 2.56. The van der Waals surface area contributed by atoms with Crippen molar-refractivity contribution in [2.24, 2.45) is 0 Å². The molecular weight excluding hydrogens is 311 g/mol. The number of aromatic amines is 1. The molecule has 0 saturated carbocycles. The number of anilines is 1. The van der Waals surface area contributed by atoms with Crippen molar-refractivity contribution in [2.75, 3.05) is 18.4 Å². The number of carbonyl (C=O) groups is 1. The van der Waals surface area contributed by atoms with Crippen molar-refractivity contribution >= 4 is 11.7 Å². The molecule has 3 rings (SSSR count). The molecule has 0 spiro atoms. The second-order valence-electron chi connectivity index (χ2n) is 5.98. The van der Waals surface area contributed by atoms with Gasteiger partial charge < -0.3 is 15.2 Å². The standard InChI is InChI=1S/C17H19FN4O2/c1-11-19-15(9-16(23)20-11)12-3-2-8-22(10-12)17(24)21-14-6-4-13(18)5-7-14/h4-7,9,12H,2-3,8,10H2,1H3,(H,21,24)(H,19,20,23)/t12-/m0/s1. The van der Waals surface area contributed by atoms with Crippen molar-refractivity contribution < 1.29 is 9.18 Å². The second-order valence-corrected chi connectivity index (χ2v) is 5.98. The van der Waals surface area contributed by atoms with E-state index in [9.17, 15) is 14.0 Å². The summed E-state index contributed by atoms with van der Waals surface area (Å²) in [4.78, 5) is 32.7. The Morgan fingerprint density at radius 2 is 2.12 bits per heavy atom. The number of aryl methyl sites for hydroxylation is 1. The van der Waals surface area contributed by atoms with Crippen LogP contribution in [0.15, 0.2) is 35.1 Å². The van der Waals surface area contributed by atoms with Gasteiger partial charge in [0.05, 0.1) is 5.69 Å². The Hall–Kier alpha value is -2.70. The number of carbonyl (C=O) groups excluding carboxylic acids is 1. The van der Waals surface area contributed by atoms with Crippen LogP contribution in [0.1, 0.15) is 30.3 Å². The lowest BCUT2D eigenvalue weighted by Crippen LogP contribution is -2.42. The molecule has 2 aromatic rings. The molecule has 1 aliphatic heterocycles. The van der Waals surface area contributed by atoms with Crippen LogP contribution in [0.5, 0.6) is 0 Å². The molecule has 1 aromatic carbocycles. The van der Waals surface area contributed by atoms with E-state index in [1.807, 2.05) is 0 Å². The molecule has 0 bridgehead atoms. The van der Waals surface area contributed by atoms with E-state index in [0.717, 1.165) is 18.5 Å². The van der Waals surface area contributed by atoms with Crippen molar-refractivity contribution in [3.63, 3.8) is 0 Å². The zero-order valence-corrected chi connectivity index (χ0v) is 13.4. The van der Waals surface area contributed by atoms with Gasteiger partial charge in [-0.05, 0) is 44.0 Å². The first kappa shape index (κ1) is 16.2. The zero-order chi connectivity index (χ0) is 17.1. The van der Waals surface area contributed by atoms with Crippen molar-refractivity contribution in [1.29, 1.82) is 0 Å². The molecule has 2 heterocycles. The van der Waals surface area contributed by atoms with Gasteiger partial charge in [0, 0.05) is 30.8 Å². The third kappa shape index (κ3) is 3.79. The molecule has 24 heavy (non-hydrogen) atoms. The number of likely N-dealkylation sites (tertiary alicyclic amines) is 1. The number of hydrogen-bond acceptors (Lipinski definition) is 3. The largest absolute Gasteiger partial charge is 0.324 e. The van der Waals surface area contributed by atoms with Gasteiger partial charge in [0.15, 0.2) is 0 Å². The maximum Gasteiger partial charge on any atom is 0.321 e. The fourth-order valence-corrected chi connectivity index (χ4v) is 2.95. The van der Waals surface area contributed by atoms with Crippen LogP contribution in [0, 0.1) is 12.7 Å². The van der Waals surface area contributed by atoms with Crippen LogP contribution in [0.3, 0.4) is 0 Å². The molecule has 0 radical (unpaired) electrons. The van der Waals surface area contributed by atoms with E-state index in [-0.39, 0.29) is 23.3 Å². The number of rotatable bonds is 2. The highest BCUT2D eigenvalue weighted by Gasteiger charge is 2.26. The highest BCUT2D eigenvalue weighted by atomic mass is 19.1. The third-order valence-corrected chi connectivity index (χ3v) is 4.10. The van der Waals surface area contributed by atoms with E-state index in [2.05, 4.69) is 15.3 Å². The minimum atomic E-state index is -0.346. The van der Waals surface area contributed by atoms with E-state index >= 15 is 0 Å². The molecule has 7 heteroatoms. The molecule has 1 aliphatic rings. The fourth-order valence-electron chi connectivity index (χ4n) is 2.95. The Balaban J connectivity index is 1.69. The van der Waals surface area contributed by atoms with Gasteiger partial charge in [0.2, 0.25) is 0 Å². The first-order valence-corrected chi connectivity index (χ1v) is 7.90. The summed E-state index contributed by atoms with van der Waals surface area (Å²) >= 11 is 0. The Morgan fingerprint density at radius 3 is 2.83 bits per heavy atom. The van der Waals surface area contributed by atoms with E-state index in [1.165, 1.54) is 30.3 Å². The molecule has 0 aliphatic carbocycles. The summed E-state index contributed by atoms with van der Waals surface area (Å²) in [6.07, 6.45) is 1.73. The number of nitrogens with one attached hydrogen (secondary N) is 2. The molecule has 0 unspecified atom stereocenters. The summed E-state index contributed by atoms with van der Waals surface area (Å²) in [6.45, 7) is 2.89. The Morgan fingerprint density at radius 1 is 1.38 bits per heavy atom. The minimum Gasteiger partial charge on any atom is -0.324 e. The van der Waals surface area contributed by atoms with E-state index < -0.39 is 0 Å². The lowest BCUT2D eigenvalue weighted by atomic mass is 9.94. The number of urea groups is 1. The van der Waals surface area contributed by atoms with Crippen LogP contribution < -0.4 is 10.9 Å². The van der Waals surface area contributed by atoms with Crippen LogP contribution >= 0.6 is 0 Å². The van der Waals surface area contributed by atoms with Crippen LogP contribution in [-0.4, -0.2) is 34.0 Å². The van der Waals surface area contributed by atoms with Gasteiger partial charge in [-0.25, -0.2) is 14.2 Å². The smallest absolute Gasteiger partial charge is 0.321 e. The van der Waals surface area contributed by atoms with Gasteiger partial charge in [-0.2, -0.15) is 0 Å². The molecule has 2 amide bonds. The van der Waals surface area contributed by atoms with Gasteiger partial charge in [0.25, 0.3) is 5.56 Å². The molecule has 6 nitrogen and oxygen atoms in total. The topological polar surface area (TPSA) is 78.1 Å². The molecule has 1 atom stereocenters. The number of aromatic nitrogens is 2. The quantitative estimate of drug-likeness (QED) is 0.888. The second kappa shape index (κ2) is 6.82. The number of nitrogens with zero attached hydrogens (tertiary/aromatic N) is 2. The first-order chi connectivity index (χ1) is 11.5. The van der Waals surface area contributed by atoms with Gasteiger partial charge >= 0.3 is 6.03 Å². The normalized spacial score (nSPS) is 17.6. The predicted molar refractivity (Wildman–Crippen MR) is 88.6 cm³/mol. The highest BCUT2D eigenvalue weighted by Crippen LogP contribution is 2.25. The lowest BCUT2D eigenvalue weighted by molar-refractivity contribution is 0.192. The zero-order valence-electron chi connectivity index (χ0n) is 13.4. The maximum absolute atomic E-state index is 12.9. The lowest BCUT2D eigenvalue weighted by Gasteiger charge is -2.32. The van der Waals surface area contributed by atoms with Crippen LogP contribution in [0.4, 0.5) is 14.9 Å². The van der Waals surface area contributed by atoms with E-state index in [0.29, 0.717) is 24.6 Å². The van der Waals surface area contributed by atoms with Crippen LogP contribution in [-0.2, 0) is 0 Å².